The van der Waals surface area contributed by atoms with Crippen LogP contribution in [0.25, 0.3) is 5.76 Å². The predicted octanol–water partition coefficient (Wildman–Crippen LogP) is 4.54. The second kappa shape index (κ2) is 10.2. The Bertz CT molecular complexity index is 1060. The highest BCUT2D eigenvalue weighted by Crippen LogP contribution is 2.40. The second-order valence-electron chi connectivity index (χ2n) is 7.59. The normalized spacial score (nSPS) is 17.8. The Morgan fingerprint density at radius 1 is 1.16 bits per heavy atom. The van der Waals surface area contributed by atoms with E-state index < -0.39 is 17.7 Å². The van der Waals surface area contributed by atoms with Gasteiger partial charge in [0.2, 0.25) is 0 Å². The summed E-state index contributed by atoms with van der Waals surface area (Å²) in [6, 6.07) is 10.7. The van der Waals surface area contributed by atoms with Gasteiger partial charge >= 0.3 is 0 Å². The van der Waals surface area contributed by atoms with Gasteiger partial charge in [-0.15, -0.1) is 0 Å². The topological polar surface area (TPSA) is 70.1 Å². The third kappa shape index (κ3) is 4.99. The first kappa shape index (κ1) is 23.9. The number of hydrogen-bond donors (Lipinski definition) is 1. The van der Waals surface area contributed by atoms with Gasteiger partial charge in [0.05, 0.1) is 21.7 Å². The lowest BCUT2D eigenvalue weighted by molar-refractivity contribution is -0.140. The quantitative estimate of drug-likeness (QED) is 0.263. The number of carbonyl (C=O) groups is 2. The van der Waals surface area contributed by atoms with E-state index in [4.69, 9.17) is 27.9 Å². The van der Waals surface area contributed by atoms with Gasteiger partial charge in [-0.3, -0.25) is 9.59 Å². The van der Waals surface area contributed by atoms with Crippen LogP contribution in [0.15, 0.2) is 60.7 Å². The van der Waals surface area contributed by atoms with Crippen molar-refractivity contribution in [2.75, 3.05) is 33.8 Å². The molecule has 1 aliphatic rings. The van der Waals surface area contributed by atoms with Crippen molar-refractivity contribution >= 4 is 40.7 Å². The minimum absolute atomic E-state index is 0.00639. The average Bonchev–Trinajstić information content (AvgIpc) is 3.02. The van der Waals surface area contributed by atoms with Crippen molar-refractivity contribution in [3.05, 3.63) is 81.9 Å². The summed E-state index contributed by atoms with van der Waals surface area (Å²) in [5, 5.41) is 11.7. The molecule has 0 aromatic heterocycles. The Morgan fingerprint density at radius 3 is 2.44 bits per heavy atom. The van der Waals surface area contributed by atoms with E-state index in [9.17, 15) is 14.7 Å². The maximum Gasteiger partial charge on any atom is 0.295 e. The molecule has 1 N–H and O–H groups in total. The number of hydrogen-bond acceptors (Lipinski definition) is 5. The second-order valence-corrected chi connectivity index (χ2v) is 8.41. The van der Waals surface area contributed by atoms with E-state index >= 15 is 0 Å². The van der Waals surface area contributed by atoms with Gasteiger partial charge in [0.15, 0.2) is 0 Å². The average molecular weight is 475 g/mol. The van der Waals surface area contributed by atoms with Crippen molar-refractivity contribution in [3.8, 4) is 5.75 Å². The first-order valence-electron chi connectivity index (χ1n) is 9.96. The molecule has 1 aliphatic heterocycles. The van der Waals surface area contributed by atoms with Gasteiger partial charge in [-0.2, -0.15) is 0 Å². The van der Waals surface area contributed by atoms with E-state index in [-0.39, 0.29) is 11.3 Å². The van der Waals surface area contributed by atoms with Crippen LogP contribution in [0.3, 0.4) is 0 Å². The largest absolute Gasteiger partial charge is 0.507 e. The van der Waals surface area contributed by atoms with E-state index in [0.29, 0.717) is 46.6 Å². The number of ketones is 1. The molecule has 3 rings (SSSR count). The Morgan fingerprint density at radius 2 is 1.84 bits per heavy atom. The third-order valence-corrected chi connectivity index (χ3v) is 5.82. The molecule has 1 fully saturated rings. The lowest BCUT2D eigenvalue weighted by Crippen LogP contribution is -2.35. The van der Waals surface area contributed by atoms with Crippen LogP contribution < -0.4 is 4.74 Å². The predicted molar refractivity (Wildman–Crippen MR) is 126 cm³/mol. The Balaban J connectivity index is 2.09. The van der Waals surface area contributed by atoms with Crippen LogP contribution in [0.4, 0.5) is 0 Å². The Labute approximate surface area is 197 Å². The van der Waals surface area contributed by atoms with Gasteiger partial charge in [-0.05, 0) is 56.1 Å². The molecule has 0 spiro atoms. The fraction of sp³-hybridized carbons (Fsp3) is 0.250. The van der Waals surface area contributed by atoms with Crippen LogP contribution in [0.1, 0.15) is 17.2 Å². The lowest BCUT2D eigenvalue weighted by atomic mass is 9.95. The molecule has 6 nitrogen and oxygen atoms in total. The summed E-state index contributed by atoms with van der Waals surface area (Å²) in [7, 11) is 3.75. The molecule has 0 bridgehead atoms. The molecule has 1 saturated heterocycles. The number of ether oxygens (including phenoxy) is 1. The number of aliphatic hydroxyl groups excluding tert-OH is 1. The van der Waals surface area contributed by atoms with Crippen molar-refractivity contribution < 1.29 is 19.4 Å². The molecule has 0 unspecified atom stereocenters. The van der Waals surface area contributed by atoms with E-state index in [2.05, 4.69) is 6.58 Å². The first-order chi connectivity index (χ1) is 15.2. The smallest absolute Gasteiger partial charge is 0.295 e. The van der Waals surface area contributed by atoms with Crippen molar-refractivity contribution in [2.45, 2.75) is 6.04 Å². The molecule has 168 valence electrons. The zero-order valence-corrected chi connectivity index (χ0v) is 19.4. The first-order valence-corrected chi connectivity index (χ1v) is 10.7. The van der Waals surface area contributed by atoms with Crippen LogP contribution >= 0.6 is 23.2 Å². The van der Waals surface area contributed by atoms with Crippen LogP contribution in [0, 0.1) is 0 Å². The van der Waals surface area contributed by atoms with Crippen molar-refractivity contribution in [2.24, 2.45) is 0 Å². The number of carbonyl (C=O) groups excluding carboxylic acids is 2. The highest BCUT2D eigenvalue weighted by atomic mass is 35.5. The zero-order valence-electron chi connectivity index (χ0n) is 17.8. The molecule has 1 amide bonds. The van der Waals surface area contributed by atoms with E-state index in [1.165, 1.54) is 4.90 Å². The summed E-state index contributed by atoms with van der Waals surface area (Å²) in [4.78, 5) is 29.3. The van der Waals surface area contributed by atoms with Crippen LogP contribution in [0.5, 0.6) is 5.75 Å². The summed E-state index contributed by atoms with van der Waals surface area (Å²) in [5.41, 5.74) is 0.989. The summed E-state index contributed by atoms with van der Waals surface area (Å²) >= 11 is 12.3. The fourth-order valence-electron chi connectivity index (χ4n) is 3.47. The highest BCUT2D eigenvalue weighted by Gasteiger charge is 2.46. The van der Waals surface area contributed by atoms with E-state index in [1.54, 1.807) is 48.5 Å². The van der Waals surface area contributed by atoms with Crippen molar-refractivity contribution in [1.29, 1.82) is 0 Å². The number of halogens is 2. The number of likely N-dealkylation sites (tertiary alicyclic amines) is 1. The summed E-state index contributed by atoms with van der Waals surface area (Å²) in [5.74, 6) is -1.09. The molecule has 1 heterocycles. The van der Waals surface area contributed by atoms with Crippen LogP contribution in [-0.2, 0) is 9.59 Å². The van der Waals surface area contributed by atoms with Gasteiger partial charge in [0, 0.05) is 18.7 Å². The lowest BCUT2D eigenvalue weighted by Gasteiger charge is -2.26. The number of nitrogens with zero attached hydrogens (tertiary/aromatic N) is 2. The molecule has 1 atom stereocenters. The van der Waals surface area contributed by atoms with Crippen LogP contribution in [-0.4, -0.2) is 60.4 Å². The molecule has 2 aromatic rings. The minimum Gasteiger partial charge on any atom is -0.507 e. The Kier molecular flexibility index (Phi) is 7.61. The maximum absolute atomic E-state index is 13.0. The molecule has 0 radical (unpaired) electrons. The van der Waals surface area contributed by atoms with Gasteiger partial charge in [0.1, 0.15) is 18.1 Å². The van der Waals surface area contributed by atoms with Crippen molar-refractivity contribution in [3.63, 3.8) is 0 Å². The number of Topliss-reactive ketones (excluding diaryl/α,β-unsaturated/α-hetero) is 1. The number of benzene rings is 2. The molecule has 0 aliphatic carbocycles. The third-order valence-electron chi connectivity index (χ3n) is 5.08. The van der Waals surface area contributed by atoms with Gasteiger partial charge in [-0.25, -0.2) is 0 Å². The number of rotatable bonds is 8. The van der Waals surface area contributed by atoms with Gasteiger partial charge in [-0.1, -0.05) is 41.9 Å². The van der Waals surface area contributed by atoms with E-state index in [1.807, 2.05) is 19.0 Å². The standard InChI is InChI=1S/C24H24Cl2N2O4/c1-4-13-32-17-8-5-15(6-9-17)22(29)20-21(16-7-10-18(25)19(26)14-16)28(12-11-27(2)3)24(31)23(20)30/h4-10,14,21,29H,1,11-13H2,2-3H3/b22-20+/t21-/m1/s1. The summed E-state index contributed by atoms with van der Waals surface area (Å²) in [6.45, 7) is 4.79. The highest BCUT2D eigenvalue weighted by molar-refractivity contribution is 6.46. The zero-order chi connectivity index (χ0) is 23.4. The number of likely N-dealkylation sites (N-methyl/N-ethyl adjacent to an activating group) is 1. The monoisotopic (exact) mass is 474 g/mol. The molecule has 2 aromatic carbocycles. The van der Waals surface area contributed by atoms with E-state index in [0.717, 1.165) is 0 Å². The van der Waals surface area contributed by atoms with Gasteiger partial charge < -0.3 is 19.6 Å². The number of amides is 1. The summed E-state index contributed by atoms with van der Waals surface area (Å²) < 4.78 is 5.46. The summed E-state index contributed by atoms with van der Waals surface area (Å²) in [6.07, 6.45) is 1.63. The van der Waals surface area contributed by atoms with Gasteiger partial charge in [0.25, 0.3) is 11.7 Å². The molecule has 8 heteroatoms. The molecular formula is C24H24Cl2N2O4. The number of aliphatic hydroxyl groups is 1. The SMILES string of the molecule is C=CCOc1ccc(/C(O)=C2\C(=O)C(=O)N(CCN(C)C)[C@@H]2c2ccc(Cl)c(Cl)c2)cc1. The molecular weight excluding hydrogens is 451 g/mol. The fourth-order valence-corrected chi connectivity index (χ4v) is 3.77. The van der Waals surface area contributed by atoms with Crippen molar-refractivity contribution in [1.82, 2.24) is 9.80 Å². The molecule has 0 saturated carbocycles. The minimum atomic E-state index is -0.790. The van der Waals surface area contributed by atoms with Crippen LogP contribution in [0.2, 0.25) is 10.0 Å². The maximum atomic E-state index is 13.0. The molecule has 32 heavy (non-hydrogen) atoms. The Hall–Kier alpha value is -2.80.